The van der Waals surface area contributed by atoms with E-state index >= 15 is 0 Å². The normalized spacial score (nSPS) is 23.6. The average molecular weight is 342 g/mol. The Morgan fingerprint density at radius 2 is 1.88 bits per heavy atom. The van der Waals surface area contributed by atoms with Crippen LogP contribution in [0, 0.1) is 11.8 Å². The van der Waals surface area contributed by atoms with Crippen molar-refractivity contribution >= 4 is 16.3 Å². The third-order valence-electron chi connectivity index (χ3n) is 4.76. The summed E-state index contributed by atoms with van der Waals surface area (Å²) in [7, 11) is 0. The van der Waals surface area contributed by atoms with Gasteiger partial charge in [0.15, 0.2) is 0 Å². The maximum Gasteiger partial charge on any atom is 0.230 e. The molecule has 0 saturated carbocycles. The van der Waals surface area contributed by atoms with Gasteiger partial charge in [0.2, 0.25) is 10.8 Å². The fraction of sp³-hybridized carbons (Fsp3) is 0.444. The Kier molecular flexibility index (Phi) is 4.02. The highest BCUT2D eigenvalue weighted by molar-refractivity contribution is 7.17. The molecule has 3 heterocycles. The minimum Gasteiger partial charge on any atom is -0.492 e. The molecule has 0 amide bonds. The Hall–Kier alpha value is -1.92. The highest BCUT2D eigenvalue weighted by Crippen LogP contribution is 2.41. The van der Waals surface area contributed by atoms with E-state index < -0.39 is 0 Å². The van der Waals surface area contributed by atoms with Gasteiger partial charge >= 0.3 is 0 Å². The van der Waals surface area contributed by atoms with Gasteiger partial charge in [-0.1, -0.05) is 55.5 Å². The van der Waals surface area contributed by atoms with Crippen LogP contribution in [-0.4, -0.2) is 37.7 Å². The second-order valence-corrected chi connectivity index (χ2v) is 7.97. The molecule has 3 atom stereocenters. The number of nitrogens with zero attached hydrogens (tertiary/aromatic N) is 4. The number of likely N-dealkylation sites (tertiary alicyclic amines) is 1. The fourth-order valence-electron chi connectivity index (χ4n) is 3.96. The summed E-state index contributed by atoms with van der Waals surface area (Å²) in [5.41, 5.74) is 1.21. The molecule has 0 spiro atoms. The largest absolute Gasteiger partial charge is 0.492 e. The minimum absolute atomic E-state index is 0.0462. The fourth-order valence-corrected chi connectivity index (χ4v) is 5.05. The van der Waals surface area contributed by atoms with E-state index in [4.69, 9.17) is 0 Å². The third-order valence-corrected chi connectivity index (χ3v) is 5.85. The molecule has 3 aromatic rings. The first-order chi connectivity index (χ1) is 11.6. The SMILES string of the molecule is C[C@@H]1C[C@@H](C)CN([C@@H](c2ccccc2)c2sc3ncnn3c2O)C1. The molecule has 5 nitrogen and oxygen atoms in total. The van der Waals surface area contributed by atoms with Crippen molar-refractivity contribution in [1.29, 1.82) is 0 Å². The van der Waals surface area contributed by atoms with E-state index in [1.54, 1.807) is 0 Å². The zero-order valence-electron chi connectivity index (χ0n) is 14.0. The van der Waals surface area contributed by atoms with E-state index in [-0.39, 0.29) is 11.9 Å². The van der Waals surface area contributed by atoms with Crippen molar-refractivity contribution in [3.05, 3.63) is 47.1 Å². The molecule has 1 aromatic carbocycles. The lowest BCUT2D eigenvalue weighted by molar-refractivity contribution is 0.112. The molecule has 1 N–H and O–H groups in total. The van der Waals surface area contributed by atoms with Crippen LogP contribution in [0.15, 0.2) is 36.7 Å². The molecule has 1 aliphatic rings. The molecule has 0 aliphatic carbocycles. The predicted octanol–water partition coefficient (Wildman–Crippen LogP) is 3.56. The van der Waals surface area contributed by atoms with Crippen molar-refractivity contribution < 1.29 is 5.11 Å². The molecule has 0 bridgehead atoms. The maximum atomic E-state index is 10.7. The number of piperidine rings is 1. The van der Waals surface area contributed by atoms with E-state index in [0.29, 0.717) is 11.8 Å². The van der Waals surface area contributed by atoms with Gasteiger partial charge in [-0.15, -0.1) is 0 Å². The zero-order valence-corrected chi connectivity index (χ0v) is 14.8. The Morgan fingerprint density at radius 3 is 2.54 bits per heavy atom. The number of thiazole rings is 1. The molecule has 126 valence electrons. The lowest BCUT2D eigenvalue weighted by atomic mass is 9.89. The molecule has 1 saturated heterocycles. The molecule has 4 rings (SSSR count). The third kappa shape index (κ3) is 2.70. The number of benzene rings is 1. The van der Waals surface area contributed by atoms with Crippen LogP contribution in [-0.2, 0) is 0 Å². The van der Waals surface area contributed by atoms with Gasteiger partial charge in [-0.25, -0.2) is 4.98 Å². The summed E-state index contributed by atoms with van der Waals surface area (Å²) < 4.78 is 1.53. The quantitative estimate of drug-likeness (QED) is 0.791. The number of hydrogen-bond acceptors (Lipinski definition) is 5. The highest BCUT2D eigenvalue weighted by atomic mass is 32.1. The summed E-state index contributed by atoms with van der Waals surface area (Å²) in [4.78, 5) is 8.41. The number of rotatable bonds is 3. The van der Waals surface area contributed by atoms with Crippen molar-refractivity contribution in [3.63, 3.8) is 0 Å². The molecule has 0 radical (unpaired) electrons. The summed E-state index contributed by atoms with van der Waals surface area (Å²) in [5.74, 6) is 1.53. The Bertz CT molecular complexity index is 818. The molecule has 6 heteroatoms. The van der Waals surface area contributed by atoms with Crippen LogP contribution < -0.4 is 0 Å². The molecule has 24 heavy (non-hydrogen) atoms. The van der Waals surface area contributed by atoms with E-state index in [0.717, 1.165) is 22.9 Å². The Balaban J connectivity index is 1.81. The van der Waals surface area contributed by atoms with Gasteiger partial charge in [0, 0.05) is 13.1 Å². The van der Waals surface area contributed by atoms with E-state index in [2.05, 4.69) is 53.1 Å². The van der Waals surface area contributed by atoms with Gasteiger partial charge in [-0.3, -0.25) is 4.90 Å². The minimum atomic E-state index is 0.0462. The summed E-state index contributed by atoms with van der Waals surface area (Å²) in [6.07, 6.45) is 2.75. The molecular formula is C18H22N4OS. The van der Waals surface area contributed by atoms with Crippen LogP contribution >= 0.6 is 11.3 Å². The zero-order chi connectivity index (χ0) is 16.7. The number of hydrogen-bond donors (Lipinski definition) is 1. The second kappa shape index (κ2) is 6.18. The Morgan fingerprint density at radius 1 is 1.17 bits per heavy atom. The van der Waals surface area contributed by atoms with E-state index in [1.807, 2.05) is 6.07 Å². The van der Waals surface area contributed by atoms with Crippen molar-refractivity contribution in [2.24, 2.45) is 11.8 Å². The van der Waals surface area contributed by atoms with Gasteiger partial charge in [0.05, 0.1) is 10.9 Å². The number of aromatic hydroxyl groups is 1. The van der Waals surface area contributed by atoms with Crippen molar-refractivity contribution in [3.8, 4) is 5.88 Å². The van der Waals surface area contributed by atoms with Crippen LogP contribution in [0.5, 0.6) is 5.88 Å². The summed E-state index contributed by atoms with van der Waals surface area (Å²) >= 11 is 1.53. The van der Waals surface area contributed by atoms with Gasteiger partial charge in [0.1, 0.15) is 6.33 Å². The Labute approximate surface area is 145 Å². The van der Waals surface area contributed by atoms with Gasteiger partial charge in [-0.2, -0.15) is 9.61 Å². The maximum absolute atomic E-state index is 10.7. The smallest absolute Gasteiger partial charge is 0.230 e. The first kappa shape index (κ1) is 15.6. The van der Waals surface area contributed by atoms with Crippen LogP contribution in [0.3, 0.4) is 0 Å². The number of aromatic nitrogens is 3. The topological polar surface area (TPSA) is 53.7 Å². The monoisotopic (exact) mass is 342 g/mol. The van der Waals surface area contributed by atoms with Crippen LogP contribution in [0.1, 0.15) is 36.8 Å². The predicted molar refractivity (Wildman–Crippen MR) is 95.3 cm³/mol. The van der Waals surface area contributed by atoms with Crippen LogP contribution in [0.2, 0.25) is 0 Å². The van der Waals surface area contributed by atoms with Gasteiger partial charge in [-0.05, 0) is 23.8 Å². The lowest BCUT2D eigenvalue weighted by Gasteiger charge is -2.40. The first-order valence-corrected chi connectivity index (χ1v) is 9.25. The summed E-state index contributed by atoms with van der Waals surface area (Å²) in [6, 6.07) is 10.5. The molecular weight excluding hydrogens is 320 g/mol. The molecule has 2 aromatic heterocycles. The van der Waals surface area contributed by atoms with E-state index in [1.165, 1.54) is 34.2 Å². The van der Waals surface area contributed by atoms with Gasteiger partial charge in [0.25, 0.3) is 0 Å². The number of fused-ring (bicyclic) bond motifs is 1. The molecule has 0 unspecified atom stereocenters. The summed E-state index contributed by atoms with van der Waals surface area (Å²) in [5, 5.41) is 14.9. The molecule has 1 fully saturated rings. The highest BCUT2D eigenvalue weighted by Gasteiger charge is 2.33. The average Bonchev–Trinajstić information content (AvgIpc) is 3.12. The van der Waals surface area contributed by atoms with Crippen molar-refractivity contribution in [2.75, 3.05) is 13.1 Å². The lowest BCUT2D eigenvalue weighted by Crippen LogP contribution is -2.41. The van der Waals surface area contributed by atoms with E-state index in [9.17, 15) is 5.11 Å². The standard InChI is InChI=1S/C18H22N4OS/c1-12-8-13(2)10-21(9-12)15(14-6-4-3-5-7-14)16-17(23)22-18(24-16)19-11-20-22/h3-7,11-13,15,23H,8-10H2,1-2H3/t12-,13-,15+/m1/s1. The van der Waals surface area contributed by atoms with Gasteiger partial charge < -0.3 is 5.11 Å². The van der Waals surface area contributed by atoms with Crippen molar-refractivity contribution in [1.82, 2.24) is 19.5 Å². The molecule has 1 aliphatic heterocycles. The first-order valence-electron chi connectivity index (χ1n) is 8.44. The van der Waals surface area contributed by atoms with Crippen LogP contribution in [0.25, 0.3) is 4.96 Å². The summed E-state index contributed by atoms with van der Waals surface area (Å²) in [6.45, 7) is 6.70. The van der Waals surface area contributed by atoms with Crippen molar-refractivity contribution in [2.45, 2.75) is 26.3 Å². The van der Waals surface area contributed by atoms with Crippen LogP contribution in [0.4, 0.5) is 0 Å². The second-order valence-electron chi connectivity index (χ2n) is 6.96.